The van der Waals surface area contributed by atoms with Crippen LogP contribution in [0.1, 0.15) is 38.2 Å². The number of rotatable bonds is 5. The Labute approximate surface area is 124 Å². The van der Waals surface area contributed by atoms with Crippen molar-refractivity contribution >= 4 is 33.4 Å². The normalized spacial score (nSPS) is 11.5. The largest absolute Gasteiger partial charge is 0.353 e. The van der Waals surface area contributed by atoms with E-state index >= 15 is 0 Å². The second-order valence-corrected chi connectivity index (χ2v) is 5.89. The fourth-order valence-electron chi connectivity index (χ4n) is 2.84. The fourth-order valence-corrected chi connectivity index (χ4v) is 3.07. The van der Waals surface area contributed by atoms with Crippen LogP contribution in [0, 0.1) is 0 Å². The molecule has 104 valence electrons. The van der Waals surface area contributed by atoms with Crippen LogP contribution < -0.4 is 0 Å². The number of hydrogen-bond acceptors (Lipinski definition) is 0. The van der Waals surface area contributed by atoms with Gasteiger partial charge in [-0.05, 0) is 36.6 Å². The molecule has 0 saturated heterocycles. The number of aromatic nitrogens is 1. The highest BCUT2D eigenvalue weighted by atomic mass is 35.5. The molecule has 0 bridgehead atoms. The summed E-state index contributed by atoms with van der Waals surface area (Å²) >= 11 is 6.26. The van der Waals surface area contributed by atoms with Crippen molar-refractivity contribution in [3.05, 3.63) is 47.0 Å². The van der Waals surface area contributed by atoms with Crippen LogP contribution >= 0.6 is 11.6 Å². The van der Waals surface area contributed by atoms with Gasteiger partial charge in [0.25, 0.3) is 0 Å². The highest BCUT2D eigenvalue weighted by Gasteiger charge is 2.07. The molecule has 0 aliphatic carbocycles. The summed E-state index contributed by atoms with van der Waals surface area (Å²) < 4.78 is 0. The Morgan fingerprint density at radius 3 is 2.75 bits per heavy atom. The molecule has 0 saturated carbocycles. The lowest BCUT2D eigenvalue weighted by molar-refractivity contribution is 0.667. The van der Waals surface area contributed by atoms with Crippen LogP contribution in [-0.4, -0.2) is 4.98 Å². The van der Waals surface area contributed by atoms with E-state index in [1.807, 2.05) is 12.1 Å². The first kappa shape index (κ1) is 13.5. The van der Waals surface area contributed by atoms with Crippen LogP contribution in [-0.2, 0) is 6.42 Å². The van der Waals surface area contributed by atoms with Crippen molar-refractivity contribution in [2.24, 2.45) is 0 Å². The molecule has 3 aromatic rings. The summed E-state index contributed by atoms with van der Waals surface area (Å²) in [7, 11) is 0. The minimum absolute atomic E-state index is 0.795. The number of halogens is 1. The van der Waals surface area contributed by atoms with Crippen LogP contribution in [0.3, 0.4) is 0 Å². The Morgan fingerprint density at radius 1 is 1.00 bits per heavy atom. The molecule has 0 unspecified atom stereocenters. The van der Waals surface area contributed by atoms with Gasteiger partial charge in [0.1, 0.15) is 0 Å². The first-order chi connectivity index (χ1) is 9.79. The SMILES string of the molecule is CCCCCCc1ccc2[nH]c3c(Cl)cccc3c2c1. The van der Waals surface area contributed by atoms with Crippen molar-refractivity contribution in [3.63, 3.8) is 0 Å². The van der Waals surface area contributed by atoms with Crippen LogP contribution in [0.2, 0.25) is 5.02 Å². The van der Waals surface area contributed by atoms with Gasteiger partial charge < -0.3 is 4.98 Å². The summed E-state index contributed by atoms with van der Waals surface area (Å²) in [5.74, 6) is 0. The number of nitrogens with one attached hydrogen (secondary N) is 1. The number of hydrogen-bond donors (Lipinski definition) is 1. The smallest absolute Gasteiger partial charge is 0.0654 e. The Balaban J connectivity index is 1.93. The van der Waals surface area contributed by atoms with Crippen molar-refractivity contribution in [2.75, 3.05) is 0 Å². The summed E-state index contributed by atoms with van der Waals surface area (Å²) in [6, 6.07) is 12.8. The zero-order valence-corrected chi connectivity index (χ0v) is 12.6. The van der Waals surface area contributed by atoms with E-state index in [1.54, 1.807) is 0 Å². The van der Waals surface area contributed by atoms with E-state index in [4.69, 9.17) is 11.6 Å². The molecule has 3 rings (SSSR count). The van der Waals surface area contributed by atoms with Crippen LogP contribution in [0.25, 0.3) is 21.8 Å². The molecule has 0 fully saturated rings. The van der Waals surface area contributed by atoms with Gasteiger partial charge in [0.2, 0.25) is 0 Å². The number of fused-ring (bicyclic) bond motifs is 3. The number of unbranched alkanes of at least 4 members (excludes halogenated alkanes) is 3. The molecule has 2 aromatic carbocycles. The molecular weight excluding hydrogens is 266 g/mol. The highest BCUT2D eigenvalue weighted by molar-refractivity contribution is 6.36. The zero-order valence-electron chi connectivity index (χ0n) is 11.9. The molecule has 0 amide bonds. The minimum Gasteiger partial charge on any atom is -0.353 e. The van der Waals surface area contributed by atoms with Gasteiger partial charge in [-0.2, -0.15) is 0 Å². The predicted octanol–water partition coefficient (Wildman–Crippen LogP) is 6.10. The second-order valence-electron chi connectivity index (χ2n) is 5.48. The molecule has 1 aromatic heterocycles. The molecule has 2 heteroatoms. The number of para-hydroxylation sites is 1. The van der Waals surface area contributed by atoms with E-state index in [0.29, 0.717) is 0 Å². The third kappa shape index (κ3) is 2.55. The van der Waals surface area contributed by atoms with E-state index in [0.717, 1.165) is 10.5 Å². The van der Waals surface area contributed by atoms with Crippen molar-refractivity contribution in [1.29, 1.82) is 0 Å². The van der Waals surface area contributed by atoms with Crippen LogP contribution in [0.4, 0.5) is 0 Å². The van der Waals surface area contributed by atoms with E-state index in [9.17, 15) is 0 Å². The lowest BCUT2D eigenvalue weighted by atomic mass is 10.0. The number of H-pyrrole nitrogens is 1. The number of benzene rings is 2. The maximum Gasteiger partial charge on any atom is 0.0654 e. The van der Waals surface area contributed by atoms with E-state index in [1.165, 1.54) is 54.0 Å². The van der Waals surface area contributed by atoms with Gasteiger partial charge in [-0.3, -0.25) is 0 Å². The molecule has 1 nitrogen and oxygen atoms in total. The standard InChI is InChI=1S/C18H20ClN/c1-2-3-4-5-7-13-10-11-17-15(12-13)14-8-6-9-16(19)18(14)20-17/h6,8-12,20H,2-5,7H2,1H3. The minimum atomic E-state index is 0.795. The van der Waals surface area contributed by atoms with E-state index in [-0.39, 0.29) is 0 Å². The van der Waals surface area contributed by atoms with Crippen molar-refractivity contribution in [3.8, 4) is 0 Å². The lowest BCUT2D eigenvalue weighted by Gasteiger charge is -2.02. The summed E-state index contributed by atoms with van der Waals surface area (Å²) in [4.78, 5) is 3.42. The predicted molar refractivity (Wildman–Crippen MR) is 88.7 cm³/mol. The molecule has 1 N–H and O–H groups in total. The van der Waals surface area contributed by atoms with Gasteiger partial charge >= 0.3 is 0 Å². The van der Waals surface area contributed by atoms with Crippen molar-refractivity contribution in [2.45, 2.75) is 39.0 Å². The maximum absolute atomic E-state index is 6.26. The third-order valence-electron chi connectivity index (χ3n) is 3.97. The molecule has 0 aliphatic heterocycles. The first-order valence-electron chi connectivity index (χ1n) is 7.48. The quantitative estimate of drug-likeness (QED) is 0.545. The second kappa shape index (κ2) is 5.88. The van der Waals surface area contributed by atoms with Crippen molar-refractivity contribution < 1.29 is 0 Å². The van der Waals surface area contributed by atoms with Gasteiger partial charge in [-0.25, -0.2) is 0 Å². The summed E-state index contributed by atoms with van der Waals surface area (Å²) in [6.07, 6.45) is 6.41. The van der Waals surface area contributed by atoms with Gasteiger partial charge in [0, 0.05) is 16.3 Å². The highest BCUT2D eigenvalue weighted by Crippen LogP contribution is 2.30. The topological polar surface area (TPSA) is 15.8 Å². The molecule has 1 heterocycles. The number of aryl methyl sites for hydroxylation is 1. The molecule has 0 radical (unpaired) electrons. The molecule has 0 aliphatic rings. The van der Waals surface area contributed by atoms with Crippen LogP contribution in [0.15, 0.2) is 36.4 Å². The summed E-state index contributed by atoms with van der Waals surface area (Å²) in [5, 5.41) is 3.31. The monoisotopic (exact) mass is 285 g/mol. The lowest BCUT2D eigenvalue weighted by Crippen LogP contribution is -1.85. The Morgan fingerprint density at radius 2 is 1.90 bits per heavy atom. The average Bonchev–Trinajstić information content (AvgIpc) is 2.83. The van der Waals surface area contributed by atoms with Gasteiger partial charge in [-0.15, -0.1) is 0 Å². The van der Waals surface area contributed by atoms with Crippen LogP contribution in [0.5, 0.6) is 0 Å². The zero-order chi connectivity index (χ0) is 13.9. The van der Waals surface area contributed by atoms with Gasteiger partial charge in [0.15, 0.2) is 0 Å². The van der Waals surface area contributed by atoms with Crippen molar-refractivity contribution in [1.82, 2.24) is 4.98 Å². The Hall–Kier alpha value is -1.47. The molecule has 0 atom stereocenters. The molecule has 0 spiro atoms. The summed E-state index contributed by atoms with van der Waals surface area (Å²) in [6.45, 7) is 2.25. The van der Waals surface area contributed by atoms with Gasteiger partial charge in [-0.1, -0.05) is 56.0 Å². The van der Waals surface area contributed by atoms with E-state index in [2.05, 4.69) is 36.2 Å². The van der Waals surface area contributed by atoms with Gasteiger partial charge in [0.05, 0.1) is 10.5 Å². The number of aromatic amines is 1. The fraction of sp³-hybridized carbons (Fsp3) is 0.333. The average molecular weight is 286 g/mol. The first-order valence-corrected chi connectivity index (χ1v) is 7.86. The maximum atomic E-state index is 6.26. The molecular formula is C18H20ClN. The Kier molecular flexibility index (Phi) is 3.98. The Bertz CT molecular complexity index is 727. The molecule has 20 heavy (non-hydrogen) atoms. The van der Waals surface area contributed by atoms with E-state index < -0.39 is 0 Å². The summed E-state index contributed by atoms with van der Waals surface area (Å²) in [5.41, 5.74) is 3.65. The third-order valence-corrected chi connectivity index (χ3v) is 4.28.